The van der Waals surface area contributed by atoms with Gasteiger partial charge in [0.25, 0.3) is 0 Å². The fourth-order valence-electron chi connectivity index (χ4n) is 2.22. The second-order valence-corrected chi connectivity index (χ2v) is 4.73. The van der Waals surface area contributed by atoms with Crippen LogP contribution < -0.4 is 11.0 Å². The van der Waals surface area contributed by atoms with Crippen molar-refractivity contribution in [2.24, 2.45) is 0 Å². The third-order valence-corrected chi connectivity index (χ3v) is 3.29. The molecule has 1 heterocycles. The molecule has 1 aromatic heterocycles. The number of nitrogens with one attached hydrogen (secondary N) is 1. The lowest BCUT2D eigenvalue weighted by molar-refractivity contribution is -0.141. The van der Waals surface area contributed by atoms with Crippen molar-refractivity contribution in [2.75, 3.05) is 0 Å². The lowest BCUT2D eigenvalue weighted by atomic mass is 10.3. The first-order valence-electron chi connectivity index (χ1n) is 6.66. The van der Waals surface area contributed by atoms with E-state index in [4.69, 9.17) is 5.11 Å². The van der Waals surface area contributed by atoms with Crippen molar-refractivity contribution >= 4 is 22.9 Å². The Morgan fingerprint density at radius 2 is 1.81 bits per heavy atom. The van der Waals surface area contributed by atoms with E-state index in [0.29, 0.717) is 12.1 Å². The number of aliphatic carboxylic acids is 1. The number of para-hydroxylation sites is 2. The summed E-state index contributed by atoms with van der Waals surface area (Å²) in [5.74, 6) is -1.63. The second kappa shape index (κ2) is 5.82. The number of nitrogens with zero attached hydrogens (tertiary/aromatic N) is 2. The molecule has 0 aliphatic carbocycles. The van der Waals surface area contributed by atoms with E-state index in [1.54, 1.807) is 16.7 Å². The van der Waals surface area contributed by atoms with E-state index in [0.717, 1.165) is 5.52 Å². The van der Waals surface area contributed by atoms with Crippen molar-refractivity contribution in [3.63, 3.8) is 0 Å². The molecule has 0 spiro atoms. The molecule has 0 saturated carbocycles. The minimum atomic E-state index is -1.12. The summed E-state index contributed by atoms with van der Waals surface area (Å²) in [6.45, 7) is 3.52. The first kappa shape index (κ1) is 14.8. The van der Waals surface area contributed by atoms with Gasteiger partial charge in [-0.15, -0.1) is 0 Å². The van der Waals surface area contributed by atoms with Gasteiger partial charge in [-0.2, -0.15) is 0 Å². The predicted octanol–water partition coefficient (Wildman–Crippen LogP) is 0.412. The van der Waals surface area contributed by atoms with Gasteiger partial charge < -0.3 is 10.4 Å². The normalized spacial score (nSPS) is 12.3. The summed E-state index contributed by atoms with van der Waals surface area (Å²) in [4.78, 5) is 34.9. The van der Waals surface area contributed by atoms with Gasteiger partial charge in [0.1, 0.15) is 12.6 Å². The number of carboxylic acid groups (broad SMARTS) is 1. The SMILES string of the molecule is CCn1c(=O)n(CC(=O)N[C@H](C)C(=O)O)c2ccccc21. The lowest BCUT2D eigenvalue weighted by Gasteiger charge is -2.09. The minimum absolute atomic E-state index is 0.204. The average Bonchev–Trinajstić information content (AvgIpc) is 2.71. The predicted molar refractivity (Wildman–Crippen MR) is 77.1 cm³/mol. The highest BCUT2D eigenvalue weighted by Gasteiger charge is 2.17. The lowest BCUT2D eigenvalue weighted by Crippen LogP contribution is -2.41. The topological polar surface area (TPSA) is 93.3 Å². The Bertz CT molecular complexity index is 744. The maximum Gasteiger partial charge on any atom is 0.329 e. The van der Waals surface area contributed by atoms with Gasteiger partial charge in [-0.05, 0) is 26.0 Å². The molecule has 112 valence electrons. The van der Waals surface area contributed by atoms with Crippen LogP contribution in [0.3, 0.4) is 0 Å². The Kier molecular flexibility index (Phi) is 4.11. The Balaban J connectivity index is 2.35. The van der Waals surface area contributed by atoms with Crippen LogP contribution in [0, 0.1) is 0 Å². The molecule has 7 nitrogen and oxygen atoms in total. The van der Waals surface area contributed by atoms with Crippen LogP contribution in [-0.2, 0) is 22.7 Å². The van der Waals surface area contributed by atoms with Gasteiger partial charge in [0.15, 0.2) is 0 Å². The number of carbonyl (C=O) groups is 2. The van der Waals surface area contributed by atoms with Gasteiger partial charge >= 0.3 is 11.7 Å². The third kappa shape index (κ3) is 2.81. The molecule has 0 radical (unpaired) electrons. The molecule has 0 saturated heterocycles. The smallest absolute Gasteiger partial charge is 0.329 e. The fraction of sp³-hybridized carbons (Fsp3) is 0.357. The van der Waals surface area contributed by atoms with Crippen molar-refractivity contribution in [1.29, 1.82) is 0 Å². The monoisotopic (exact) mass is 291 g/mol. The van der Waals surface area contributed by atoms with Crippen molar-refractivity contribution in [3.8, 4) is 0 Å². The van der Waals surface area contributed by atoms with Gasteiger partial charge in [0.2, 0.25) is 5.91 Å². The summed E-state index contributed by atoms with van der Waals surface area (Å²) in [6.07, 6.45) is 0. The van der Waals surface area contributed by atoms with Crippen molar-refractivity contribution in [1.82, 2.24) is 14.5 Å². The van der Waals surface area contributed by atoms with Crippen LogP contribution in [0.15, 0.2) is 29.1 Å². The van der Waals surface area contributed by atoms with E-state index in [-0.39, 0.29) is 12.2 Å². The molecule has 0 fully saturated rings. The summed E-state index contributed by atoms with van der Waals surface area (Å²) < 4.78 is 2.92. The average molecular weight is 291 g/mol. The maximum absolute atomic E-state index is 12.3. The first-order valence-corrected chi connectivity index (χ1v) is 6.66. The van der Waals surface area contributed by atoms with Crippen LogP contribution in [0.25, 0.3) is 11.0 Å². The molecule has 7 heteroatoms. The van der Waals surface area contributed by atoms with Crippen molar-refractivity contribution < 1.29 is 14.7 Å². The number of carboxylic acids is 1. The number of aromatic nitrogens is 2. The Labute approximate surface area is 120 Å². The van der Waals surface area contributed by atoms with E-state index in [2.05, 4.69) is 5.32 Å². The fourth-order valence-corrected chi connectivity index (χ4v) is 2.22. The number of rotatable bonds is 5. The number of carbonyl (C=O) groups excluding carboxylic acids is 1. The van der Waals surface area contributed by atoms with E-state index < -0.39 is 17.9 Å². The molecule has 21 heavy (non-hydrogen) atoms. The molecular formula is C14H17N3O4. The molecule has 1 amide bonds. The minimum Gasteiger partial charge on any atom is -0.480 e. The highest BCUT2D eigenvalue weighted by Crippen LogP contribution is 2.12. The molecule has 0 bridgehead atoms. The van der Waals surface area contributed by atoms with Crippen LogP contribution >= 0.6 is 0 Å². The number of hydrogen-bond acceptors (Lipinski definition) is 3. The third-order valence-electron chi connectivity index (χ3n) is 3.29. The molecule has 1 aromatic carbocycles. The highest BCUT2D eigenvalue weighted by atomic mass is 16.4. The van der Waals surface area contributed by atoms with E-state index in [9.17, 15) is 14.4 Å². The quantitative estimate of drug-likeness (QED) is 0.834. The van der Waals surface area contributed by atoms with Gasteiger partial charge in [0.05, 0.1) is 11.0 Å². The Hall–Kier alpha value is -2.57. The largest absolute Gasteiger partial charge is 0.480 e. The van der Waals surface area contributed by atoms with Crippen LogP contribution in [-0.4, -0.2) is 32.2 Å². The van der Waals surface area contributed by atoms with Crippen molar-refractivity contribution in [2.45, 2.75) is 33.0 Å². The Morgan fingerprint density at radius 3 is 2.33 bits per heavy atom. The first-order chi connectivity index (χ1) is 9.95. The highest BCUT2D eigenvalue weighted by molar-refractivity contribution is 5.84. The number of imidazole rings is 1. The zero-order valence-electron chi connectivity index (χ0n) is 11.9. The standard InChI is InChI=1S/C14H17N3O4/c1-3-16-10-6-4-5-7-11(10)17(14(16)21)8-12(18)15-9(2)13(19)20/h4-7,9H,3,8H2,1-2H3,(H,15,18)(H,19,20)/t9-/m1/s1. The van der Waals surface area contributed by atoms with Gasteiger partial charge in [0, 0.05) is 6.54 Å². The summed E-state index contributed by atoms with van der Waals surface area (Å²) in [5.41, 5.74) is 1.13. The zero-order valence-corrected chi connectivity index (χ0v) is 11.9. The molecular weight excluding hydrogens is 274 g/mol. The number of hydrogen-bond donors (Lipinski definition) is 2. The molecule has 0 aliphatic rings. The summed E-state index contributed by atoms with van der Waals surface area (Å²) in [7, 11) is 0. The summed E-state index contributed by atoms with van der Waals surface area (Å²) in [5, 5.41) is 11.1. The molecule has 2 aromatic rings. The van der Waals surface area contributed by atoms with Crippen LogP contribution in [0.5, 0.6) is 0 Å². The Morgan fingerprint density at radius 1 is 1.24 bits per heavy atom. The molecule has 2 N–H and O–H groups in total. The maximum atomic E-state index is 12.3. The summed E-state index contributed by atoms with van der Waals surface area (Å²) >= 11 is 0. The van der Waals surface area contributed by atoms with E-state index in [1.807, 2.05) is 19.1 Å². The van der Waals surface area contributed by atoms with Gasteiger partial charge in [-0.25, -0.2) is 4.79 Å². The number of fused-ring (bicyclic) bond motifs is 1. The number of amides is 1. The van der Waals surface area contributed by atoms with Crippen LogP contribution in [0.4, 0.5) is 0 Å². The van der Waals surface area contributed by atoms with E-state index in [1.165, 1.54) is 11.5 Å². The molecule has 0 unspecified atom stereocenters. The molecule has 2 rings (SSSR count). The zero-order chi connectivity index (χ0) is 15.6. The second-order valence-electron chi connectivity index (χ2n) is 4.73. The molecule has 1 atom stereocenters. The number of aryl methyl sites for hydroxylation is 1. The van der Waals surface area contributed by atoms with Crippen LogP contribution in [0.2, 0.25) is 0 Å². The van der Waals surface area contributed by atoms with Gasteiger partial charge in [-0.1, -0.05) is 12.1 Å². The number of benzene rings is 1. The van der Waals surface area contributed by atoms with Gasteiger partial charge in [-0.3, -0.25) is 18.7 Å². The van der Waals surface area contributed by atoms with E-state index >= 15 is 0 Å². The summed E-state index contributed by atoms with van der Waals surface area (Å²) in [6, 6.07) is 6.19. The molecule has 0 aliphatic heterocycles. The van der Waals surface area contributed by atoms with Crippen molar-refractivity contribution in [3.05, 3.63) is 34.7 Å². The van der Waals surface area contributed by atoms with Crippen LogP contribution in [0.1, 0.15) is 13.8 Å².